The monoisotopic (exact) mass is 357 g/mol. The molecule has 0 aliphatic carbocycles. The van der Waals surface area contributed by atoms with Crippen LogP contribution in [0.25, 0.3) is 22.2 Å². The van der Waals surface area contributed by atoms with Crippen LogP contribution in [0, 0.1) is 0 Å². The van der Waals surface area contributed by atoms with Crippen molar-refractivity contribution in [3.63, 3.8) is 0 Å². The molecule has 5 nitrogen and oxygen atoms in total. The van der Waals surface area contributed by atoms with E-state index < -0.39 is 0 Å². The van der Waals surface area contributed by atoms with Crippen molar-refractivity contribution in [2.45, 2.75) is 19.3 Å². The van der Waals surface area contributed by atoms with Gasteiger partial charge in [-0.3, -0.25) is 4.79 Å². The number of aryl methyl sites for hydroxylation is 1. The second-order valence-electron chi connectivity index (χ2n) is 6.30. The summed E-state index contributed by atoms with van der Waals surface area (Å²) in [6, 6.07) is 23.5. The van der Waals surface area contributed by atoms with Crippen molar-refractivity contribution < 1.29 is 9.21 Å². The Morgan fingerprint density at radius 2 is 1.67 bits per heavy atom. The number of amides is 1. The van der Waals surface area contributed by atoms with Gasteiger partial charge in [0.1, 0.15) is 0 Å². The van der Waals surface area contributed by atoms with Gasteiger partial charge in [-0.2, -0.15) is 0 Å². The minimum Gasteiger partial charge on any atom is -0.421 e. The first kappa shape index (κ1) is 17.0. The van der Waals surface area contributed by atoms with Crippen LogP contribution in [0.4, 0.5) is 5.69 Å². The zero-order valence-electron chi connectivity index (χ0n) is 14.8. The third-order valence-electron chi connectivity index (χ3n) is 4.35. The largest absolute Gasteiger partial charge is 0.421 e. The second-order valence-corrected chi connectivity index (χ2v) is 6.30. The minimum absolute atomic E-state index is 0.0193. The molecule has 1 aromatic heterocycles. The maximum Gasteiger partial charge on any atom is 0.247 e. The molecule has 1 amide bonds. The average Bonchev–Trinajstić information content (AvgIpc) is 3.18. The lowest BCUT2D eigenvalue weighted by atomic mass is 10.1. The number of anilines is 1. The van der Waals surface area contributed by atoms with E-state index in [0.29, 0.717) is 31.0 Å². The molecule has 3 aromatic carbocycles. The lowest BCUT2D eigenvalue weighted by Crippen LogP contribution is -2.11. The number of hydrogen-bond donors (Lipinski definition) is 1. The number of carbonyl (C=O) groups excluding carboxylic acids is 1. The molecule has 0 spiro atoms. The first-order valence-electron chi connectivity index (χ1n) is 8.95. The summed E-state index contributed by atoms with van der Waals surface area (Å²) < 4.78 is 5.67. The molecule has 4 rings (SSSR count). The summed E-state index contributed by atoms with van der Waals surface area (Å²) in [7, 11) is 0. The van der Waals surface area contributed by atoms with Crippen molar-refractivity contribution in [1.29, 1.82) is 0 Å². The second kappa shape index (κ2) is 7.83. The number of carbonyl (C=O) groups is 1. The van der Waals surface area contributed by atoms with E-state index in [9.17, 15) is 4.79 Å². The molecule has 1 heterocycles. The summed E-state index contributed by atoms with van der Waals surface area (Å²) >= 11 is 0. The zero-order valence-corrected chi connectivity index (χ0v) is 14.8. The molecule has 0 saturated carbocycles. The van der Waals surface area contributed by atoms with E-state index in [2.05, 4.69) is 15.5 Å². The molecule has 0 radical (unpaired) electrons. The Bertz CT molecular complexity index is 1050. The molecule has 0 aliphatic rings. The number of fused-ring (bicyclic) bond motifs is 1. The van der Waals surface area contributed by atoms with Crippen LogP contribution in [-0.4, -0.2) is 16.1 Å². The highest BCUT2D eigenvalue weighted by molar-refractivity contribution is 6.02. The summed E-state index contributed by atoms with van der Waals surface area (Å²) in [5.74, 6) is 1.03. The number of nitrogens with zero attached hydrogens (tertiary/aromatic N) is 2. The lowest BCUT2D eigenvalue weighted by molar-refractivity contribution is -0.116. The van der Waals surface area contributed by atoms with E-state index >= 15 is 0 Å². The predicted octanol–water partition coefficient (Wildman–Crippen LogP) is 4.85. The molecule has 5 heteroatoms. The van der Waals surface area contributed by atoms with Crippen LogP contribution in [0.2, 0.25) is 0 Å². The van der Waals surface area contributed by atoms with Gasteiger partial charge in [-0.15, -0.1) is 10.2 Å². The van der Waals surface area contributed by atoms with E-state index in [0.717, 1.165) is 22.0 Å². The molecular formula is C22H19N3O2. The summed E-state index contributed by atoms with van der Waals surface area (Å²) in [5, 5.41) is 13.3. The fourth-order valence-electron chi connectivity index (χ4n) is 3.00. The molecule has 0 unspecified atom stereocenters. The highest BCUT2D eigenvalue weighted by Gasteiger charge is 2.10. The Morgan fingerprint density at radius 3 is 2.56 bits per heavy atom. The molecule has 0 fully saturated rings. The first-order chi connectivity index (χ1) is 13.3. The molecule has 0 bridgehead atoms. The van der Waals surface area contributed by atoms with Gasteiger partial charge in [-0.25, -0.2) is 0 Å². The molecule has 0 atom stereocenters. The SMILES string of the molecule is O=C(CCCc1nnc(-c2ccccc2)o1)Nc1cccc2ccccc12. The summed E-state index contributed by atoms with van der Waals surface area (Å²) in [6.45, 7) is 0. The van der Waals surface area contributed by atoms with Gasteiger partial charge in [-0.1, -0.05) is 54.6 Å². The Labute approximate surface area is 157 Å². The average molecular weight is 357 g/mol. The van der Waals surface area contributed by atoms with Crippen molar-refractivity contribution >= 4 is 22.4 Å². The number of rotatable bonds is 6. The molecule has 134 valence electrons. The highest BCUT2D eigenvalue weighted by atomic mass is 16.4. The number of nitrogens with one attached hydrogen (secondary N) is 1. The third kappa shape index (κ3) is 4.03. The Balaban J connectivity index is 1.33. The first-order valence-corrected chi connectivity index (χ1v) is 8.95. The summed E-state index contributed by atoms with van der Waals surface area (Å²) in [5.41, 5.74) is 1.73. The molecule has 4 aromatic rings. The Morgan fingerprint density at radius 1 is 0.889 bits per heavy atom. The predicted molar refractivity (Wildman–Crippen MR) is 105 cm³/mol. The molecule has 0 saturated heterocycles. The molecule has 27 heavy (non-hydrogen) atoms. The van der Waals surface area contributed by atoms with Gasteiger partial charge in [0, 0.05) is 29.5 Å². The van der Waals surface area contributed by atoms with E-state index in [1.165, 1.54) is 0 Å². The van der Waals surface area contributed by atoms with Gasteiger partial charge in [-0.05, 0) is 30.0 Å². The van der Waals surface area contributed by atoms with Crippen LogP contribution in [0.3, 0.4) is 0 Å². The zero-order chi connectivity index (χ0) is 18.5. The van der Waals surface area contributed by atoms with Crippen LogP contribution in [0.15, 0.2) is 77.2 Å². The van der Waals surface area contributed by atoms with Crippen molar-refractivity contribution in [2.75, 3.05) is 5.32 Å². The van der Waals surface area contributed by atoms with E-state index in [4.69, 9.17) is 4.42 Å². The lowest BCUT2D eigenvalue weighted by Gasteiger charge is -2.08. The van der Waals surface area contributed by atoms with Crippen LogP contribution in [0.5, 0.6) is 0 Å². The van der Waals surface area contributed by atoms with Gasteiger partial charge < -0.3 is 9.73 Å². The van der Waals surface area contributed by atoms with Gasteiger partial charge in [0.15, 0.2) is 0 Å². The molecule has 0 aliphatic heterocycles. The number of aromatic nitrogens is 2. The normalized spacial score (nSPS) is 10.8. The fourth-order valence-corrected chi connectivity index (χ4v) is 3.00. The Hall–Kier alpha value is -3.47. The van der Waals surface area contributed by atoms with E-state index in [1.54, 1.807) is 0 Å². The van der Waals surface area contributed by atoms with Crippen LogP contribution in [-0.2, 0) is 11.2 Å². The minimum atomic E-state index is -0.0193. The quantitative estimate of drug-likeness (QED) is 0.535. The van der Waals surface area contributed by atoms with Gasteiger partial charge in [0.25, 0.3) is 0 Å². The molecular weight excluding hydrogens is 338 g/mol. The van der Waals surface area contributed by atoms with Crippen LogP contribution in [0.1, 0.15) is 18.7 Å². The summed E-state index contributed by atoms with van der Waals surface area (Å²) in [6.07, 6.45) is 1.61. The molecule has 1 N–H and O–H groups in total. The van der Waals surface area contributed by atoms with Crippen molar-refractivity contribution in [3.8, 4) is 11.5 Å². The van der Waals surface area contributed by atoms with Gasteiger partial charge in [0.2, 0.25) is 17.7 Å². The van der Waals surface area contributed by atoms with E-state index in [-0.39, 0.29) is 5.91 Å². The number of benzene rings is 3. The van der Waals surface area contributed by atoms with Gasteiger partial charge >= 0.3 is 0 Å². The van der Waals surface area contributed by atoms with Gasteiger partial charge in [0.05, 0.1) is 0 Å². The maximum atomic E-state index is 12.3. The number of hydrogen-bond acceptors (Lipinski definition) is 4. The fraction of sp³-hybridized carbons (Fsp3) is 0.136. The van der Waals surface area contributed by atoms with Crippen molar-refractivity contribution in [3.05, 3.63) is 78.7 Å². The maximum absolute atomic E-state index is 12.3. The standard InChI is InChI=1S/C22H19N3O2/c26-20(23-19-13-6-11-16-8-4-5-12-18(16)19)14-7-15-21-24-25-22(27-21)17-9-2-1-3-10-17/h1-6,8-13H,7,14-15H2,(H,23,26). The topological polar surface area (TPSA) is 68.0 Å². The smallest absolute Gasteiger partial charge is 0.247 e. The Kier molecular flexibility index (Phi) is 4.92. The third-order valence-corrected chi connectivity index (χ3v) is 4.35. The van der Waals surface area contributed by atoms with E-state index in [1.807, 2.05) is 72.8 Å². The summed E-state index contributed by atoms with van der Waals surface area (Å²) in [4.78, 5) is 12.3. The van der Waals surface area contributed by atoms with Crippen LogP contribution < -0.4 is 5.32 Å². The van der Waals surface area contributed by atoms with Crippen molar-refractivity contribution in [2.24, 2.45) is 0 Å². The van der Waals surface area contributed by atoms with Crippen molar-refractivity contribution in [1.82, 2.24) is 10.2 Å². The van der Waals surface area contributed by atoms with Crippen LogP contribution >= 0.6 is 0 Å². The highest BCUT2D eigenvalue weighted by Crippen LogP contribution is 2.23.